The van der Waals surface area contributed by atoms with E-state index in [1.165, 1.54) is 16.7 Å². The molecular formula is C16H18. The van der Waals surface area contributed by atoms with E-state index in [-0.39, 0.29) is 0 Å². The van der Waals surface area contributed by atoms with E-state index >= 15 is 0 Å². The van der Waals surface area contributed by atoms with E-state index in [4.69, 9.17) is 0 Å². The summed E-state index contributed by atoms with van der Waals surface area (Å²) in [5.41, 5.74) is 4.20. The summed E-state index contributed by atoms with van der Waals surface area (Å²) < 4.78 is 0. The molecule has 0 atom stereocenters. The third-order valence-corrected chi connectivity index (χ3v) is 2.87. The maximum Gasteiger partial charge on any atom is -0.00257 e. The summed E-state index contributed by atoms with van der Waals surface area (Å²) in [4.78, 5) is 0. The molecule has 0 aliphatic carbocycles. The van der Waals surface area contributed by atoms with Crippen LogP contribution in [0.25, 0.3) is 0 Å². The normalized spacial score (nSPS) is 10.7. The van der Waals surface area contributed by atoms with Crippen LogP contribution in [0.3, 0.4) is 0 Å². The molecule has 0 aliphatic rings. The topological polar surface area (TPSA) is 0 Å². The van der Waals surface area contributed by atoms with Crippen molar-refractivity contribution >= 4 is 0 Å². The van der Waals surface area contributed by atoms with Gasteiger partial charge in [-0.3, -0.25) is 0 Å². The molecule has 0 heteroatoms. The van der Waals surface area contributed by atoms with Gasteiger partial charge in [0.05, 0.1) is 0 Å². The predicted molar refractivity (Wildman–Crippen MR) is 69.8 cm³/mol. The highest BCUT2D eigenvalue weighted by molar-refractivity contribution is 5.30. The van der Waals surface area contributed by atoms with E-state index in [1.54, 1.807) is 0 Å². The van der Waals surface area contributed by atoms with Gasteiger partial charge >= 0.3 is 0 Å². The SMILES string of the molecule is CC(C)c1cccc(Cc2ccccc2)c1. The Morgan fingerprint density at radius 2 is 1.50 bits per heavy atom. The van der Waals surface area contributed by atoms with E-state index in [0.717, 1.165) is 6.42 Å². The van der Waals surface area contributed by atoms with Gasteiger partial charge in [0.25, 0.3) is 0 Å². The summed E-state index contributed by atoms with van der Waals surface area (Å²) in [5.74, 6) is 0.607. The molecule has 0 saturated carbocycles. The van der Waals surface area contributed by atoms with Crippen molar-refractivity contribution in [2.75, 3.05) is 0 Å². The zero-order valence-corrected chi connectivity index (χ0v) is 9.98. The second-order valence-corrected chi connectivity index (χ2v) is 4.56. The molecular weight excluding hydrogens is 192 g/mol. The minimum absolute atomic E-state index is 0.607. The molecule has 0 bridgehead atoms. The number of hydrogen-bond acceptors (Lipinski definition) is 0. The fourth-order valence-corrected chi connectivity index (χ4v) is 1.89. The van der Waals surface area contributed by atoms with Gasteiger partial charge in [-0.05, 0) is 29.0 Å². The fraction of sp³-hybridized carbons (Fsp3) is 0.250. The first kappa shape index (κ1) is 10.9. The standard InChI is InChI=1S/C16H18/c1-13(2)16-10-6-9-15(12-16)11-14-7-4-3-5-8-14/h3-10,12-13H,11H2,1-2H3. The van der Waals surface area contributed by atoms with Crippen LogP contribution < -0.4 is 0 Å². The Balaban J connectivity index is 2.19. The Labute approximate surface area is 97.9 Å². The minimum Gasteiger partial charge on any atom is -0.0622 e. The average Bonchev–Trinajstić information content (AvgIpc) is 2.30. The molecule has 0 N–H and O–H groups in total. The molecule has 0 saturated heterocycles. The van der Waals surface area contributed by atoms with Crippen LogP contribution in [0, 0.1) is 0 Å². The summed E-state index contributed by atoms with van der Waals surface area (Å²) in [6, 6.07) is 19.5. The zero-order chi connectivity index (χ0) is 11.4. The number of benzene rings is 2. The van der Waals surface area contributed by atoms with Crippen molar-refractivity contribution in [3.63, 3.8) is 0 Å². The minimum atomic E-state index is 0.607. The Morgan fingerprint density at radius 3 is 2.19 bits per heavy atom. The lowest BCUT2D eigenvalue weighted by molar-refractivity contribution is 0.863. The average molecular weight is 210 g/mol. The van der Waals surface area contributed by atoms with E-state index in [2.05, 4.69) is 68.4 Å². The summed E-state index contributed by atoms with van der Waals surface area (Å²) in [5, 5.41) is 0. The molecule has 0 unspecified atom stereocenters. The van der Waals surface area contributed by atoms with Crippen LogP contribution >= 0.6 is 0 Å². The van der Waals surface area contributed by atoms with Crippen LogP contribution in [-0.4, -0.2) is 0 Å². The molecule has 0 radical (unpaired) electrons. The molecule has 82 valence electrons. The molecule has 0 aliphatic heterocycles. The van der Waals surface area contributed by atoms with Crippen LogP contribution in [0.2, 0.25) is 0 Å². The summed E-state index contributed by atoms with van der Waals surface area (Å²) in [6.07, 6.45) is 1.03. The van der Waals surface area contributed by atoms with Gasteiger partial charge in [-0.1, -0.05) is 68.4 Å². The first-order valence-corrected chi connectivity index (χ1v) is 5.88. The quantitative estimate of drug-likeness (QED) is 0.704. The van der Waals surface area contributed by atoms with Crippen LogP contribution in [0.5, 0.6) is 0 Å². The van der Waals surface area contributed by atoms with Gasteiger partial charge in [0, 0.05) is 0 Å². The highest BCUT2D eigenvalue weighted by Gasteiger charge is 2.00. The maximum atomic E-state index is 2.32. The monoisotopic (exact) mass is 210 g/mol. The van der Waals surface area contributed by atoms with Gasteiger partial charge in [-0.25, -0.2) is 0 Å². The van der Waals surface area contributed by atoms with Gasteiger partial charge < -0.3 is 0 Å². The second-order valence-electron chi connectivity index (χ2n) is 4.56. The third kappa shape index (κ3) is 2.73. The van der Waals surface area contributed by atoms with E-state index in [0.29, 0.717) is 5.92 Å². The van der Waals surface area contributed by atoms with Gasteiger partial charge in [-0.2, -0.15) is 0 Å². The first-order chi connectivity index (χ1) is 7.75. The number of rotatable bonds is 3. The largest absolute Gasteiger partial charge is 0.0622 e. The molecule has 0 heterocycles. The van der Waals surface area contributed by atoms with Gasteiger partial charge in [-0.15, -0.1) is 0 Å². The molecule has 0 spiro atoms. The van der Waals surface area contributed by atoms with Gasteiger partial charge in [0.2, 0.25) is 0 Å². The van der Waals surface area contributed by atoms with Crippen LogP contribution in [0.1, 0.15) is 36.5 Å². The molecule has 0 amide bonds. The molecule has 0 aromatic heterocycles. The predicted octanol–water partition coefficient (Wildman–Crippen LogP) is 4.40. The lowest BCUT2D eigenvalue weighted by Gasteiger charge is -2.08. The summed E-state index contributed by atoms with van der Waals surface area (Å²) in [6.45, 7) is 4.48. The summed E-state index contributed by atoms with van der Waals surface area (Å²) >= 11 is 0. The smallest absolute Gasteiger partial charge is 0.00257 e. The highest BCUT2D eigenvalue weighted by Crippen LogP contribution is 2.17. The van der Waals surface area contributed by atoms with Gasteiger partial charge in [0.15, 0.2) is 0 Å². The zero-order valence-electron chi connectivity index (χ0n) is 9.98. The van der Waals surface area contributed by atoms with Crippen molar-refractivity contribution in [2.45, 2.75) is 26.2 Å². The van der Waals surface area contributed by atoms with Crippen molar-refractivity contribution < 1.29 is 0 Å². The Hall–Kier alpha value is -1.56. The van der Waals surface area contributed by atoms with Gasteiger partial charge in [0.1, 0.15) is 0 Å². The van der Waals surface area contributed by atoms with Crippen molar-refractivity contribution in [1.29, 1.82) is 0 Å². The van der Waals surface area contributed by atoms with Crippen molar-refractivity contribution in [3.8, 4) is 0 Å². The Bertz CT molecular complexity index is 441. The second kappa shape index (κ2) is 4.98. The number of hydrogen-bond donors (Lipinski definition) is 0. The molecule has 16 heavy (non-hydrogen) atoms. The maximum absolute atomic E-state index is 2.32. The molecule has 2 aromatic carbocycles. The Kier molecular flexibility index (Phi) is 3.40. The van der Waals surface area contributed by atoms with Crippen molar-refractivity contribution in [3.05, 3.63) is 71.3 Å². The first-order valence-electron chi connectivity index (χ1n) is 5.88. The molecule has 0 fully saturated rings. The molecule has 2 rings (SSSR count). The van der Waals surface area contributed by atoms with Crippen LogP contribution in [0.4, 0.5) is 0 Å². The van der Waals surface area contributed by atoms with E-state index in [1.807, 2.05) is 0 Å². The highest BCUT2D eigenvalue weighted by atomic mass is 14.1. The lowest BCUT2D eigenvalue weighted by Crippen LogP contribution is -1.92. The summed E-state index contributed by atoms with van der Waals surface area (Å²) in [7, 11) is 0. The van der Waals surface area contributed by atoms with E-state index in [9.17, 15) is 0 Å². The van der Waals surface area contributed by atoms with Crippen molar-refractivity contribution in [2.24, 2.45) is 0 Å². The molecule has 2 aromatic rings. The fourth-order valence-electron chi connectivity index (χ4n) is 1.89. The van der Waals surface area contributed by atoms with Crippen molar-refractivity contribution in [1.82, 2.24) is 0 Å². The third-order valence-electron chi connectivity index (χ3n) is 2.87. The van der Waals surface area contributed by atoms with E-state index < -0.39 is 0 Å². The molecule has 0 nitrogen and oxygen atoms in total. The van der Waals surface area contributed by atoms with Crippen LogP contribution in [-0.2, 0) is 6.42 Å². The van der Waals surface area contributed by atoms with Crippen LogP contribution in [0.15, 0.2) is 54.6 Å². The Morgan fingerprint density at radius 1 is 0.812 bits per heavy atom. The lowest BCUT2D eigenvalue weighted by atomic mass is 9.98.